The van der Waals surface area contributed by atoms with Gasteiger partial charge in [0, 0.05) is 12.1 Å². The standard InChI is InChI=1S/C9H9N3O6S/c13-9-11-2-1-6(8-3-10-5-17-8)7(4-11)12(9)18-19(14,15)16/h1,3,5,7H,2,4H2,(H,14,15,16)/p-1. The van der Waals surface area contributed by atoms with Crippen LogP contribution in [0.4, 0.5) is 4.79 Å². The molecule has 1 atom stereocenters. The number of oxazole rings is 1. The average molecular weight is 286 g/mol. The molecule has 2 bridgehead atoms. The summed E-state index contributed by atoms with van der Waals surface area (Å²) < 4.78 is 41.3. The predicted octanol–water partition coefficient (Wildman–Crippen LogP) is -0.430. The first-order valence-electron chi connectivity index (χ1n) is 5.28. The van der Waals surface area contributed by atoms with Crippen LogP contribution in [0.5, 0.6) is 0 Å². The van der Waals surface area contributed by atoms with Gasteiger partial charge >= 0.3 is 6.03 Å². The highest BCUT2D eigenvalue weighted by atomic mass is 32.3. The summed E-state index contributed by atoms with van der Waals surface area (Å²) in [6.07, 6.45) is 4.36. The number of amides is 2. The quantitative estimate of drug-likeness (QED) is 0.546. The Bertz CT molecular complexity index is 637. The summed E-state index contributed by atoms with van der Waals surface area (Å²) in [6.45, 7) is 0.505. The Hall–Kier alpha value is -1.91. The Morgan fingerprint density at radius 3 is 2.95 bits per heavy atom. The molecule has 1 fully saturated rings. The zero-order chi connectivity index (χ0) is 13.6. The number of carbonyl (C=O) groups excluding carboxylic acids is 1. The van der Waals surface area contributed by atoms with Crippen molar-refractivity contribution in [2.24, 2.45) is 0 Å². The number of fused-ring (bicyclic) bond motifs is 2. The zero-order valence-electron chi connectivity index (χ0n) is 9.42. The van der Waals surface area contributed by atoms with Crippen LogP contribution < -0.4 is 0 Å². The van der Waals surface area contributed by atoms with Crippen LogP contribution in [0.2, 0.25) is 0 Å². The second-order valence-corrected chi connectivity index (χ2v) is 5.00. The summed E-state index contributed by atoms with van der Waals surface area (Å²) in [5.41, 5.74) is 0.559. The summed E-state index contributed by atoms with van der Waals surface area (Å²) in [5.74, 6) is 0.399. The summed E-state index contributed by atoms with van der Waals surface area (Å²) >= 11 is 0. The van der Waals surface area contributed by atoms with Crippen LogP contribution in [0.15, 0.2) is 23.1 Å². The SMILES string of the molecule is O=C1N2CC=C(c3cnco3)C(C2)N1OS(=O)(=O)[O-]. The molecule has 1 aromatic rings. The van der Waals surface area contributed by atoms with Gasteiger partial charge in [-0.2, -0.15) is 9.35 Å². The van der Waals surface area contributed by atoms with Crippen LogP contribution in [-0.2, 0) is 14.7 Å². The molecule has 3 heterocycles. The van der Waals surface area contributed by atoms with E-state index in [1.807, 2.05) is 0 Å². The van der Waals surface area contributed by atoms with Crippen molar-refractivity contribution in [1.29, 1.82) is 0 Å². The van der Waals surface area contributed by atoms with Crippen LogP contribution in [0.1, 0.15) is 5.76 Å². The molecule has 0 N–H and O–H groups in total. The van der Waals surface area contributed by atoms with E-state index < -0.39 is 22.5 Å². The van der Waals surface area contributed by atoms with Crippen LogP contribution in [-0.4, -0.2) is 53.1 Å². The van der Waals surface area contributed by atoms with E-state index in [9.17, 15) is 17.8 Å². The minimum absolute atomic E-state index is 0.223. The molecule has 19 heavy (non-hydrogen) atoms. The van der Waals surface area contributed by atoms with E-state index in [1.165, 1.54) is 17.5 Å². The fourth-order valence-corrected chi connectivity index (χ4v) is 2.53. The van der Waals surface area contributed by atoms with Gasteiger partial charge in [0.1, 0.15) is 6.04 Å². The zero-order valence-corrected chi connectivity index (χ0v) is 10.2. The second-order valence-electron chi connectivity index (χ2n) is 4.04. The molecule has 0 radical (unpaired) electrons. The summed E-state index contributed by atoms with van der Waals surface area (Å²) in [6, 6.07) is -1.38. The molecule has 0 spiro atoms. The number of rotatable bonds is 3. The fraction of sp³-hybridized carbons (Fsp3) is 0.333. The summed E-state index contributed by atoms with van der Waals surface area (Å²) in [4.78, 5) is 16.9. The van der Waals surface area contributed by atoms with Gasteiger partial charge in [0.2, 0.25) is 10.4 Å². The first-order valence-corrected chi connectivity index (χ1v) is 6.61. The predicted molar refractivity (Wildman–Crippen MR) is 57.9 cm³/mol. The van der Waals surface area contributed by atoms with E-state index in [2.05, 4.69) is 9.27 Å². The number of hydrogen-bond acceptors (Lipinski definition) is 7. The van der Waals surface area contributed by atoms with Crippen molar-refractivity contribution >= 4 is 22.0 Å². The normalized spacial score (nSPS) is 22.9. The van der Waals surface area contributed by atoms with Gasteiger partial charge in [0.25, 0.3) is 0 Å². The Morgan fingerprint density at radius 1 is 1.53 bits per heavy atom. The summed E-state index contributed by atoms with van der Waals surface area (Å²) in [5, 5.41) is 0.559. The monoisotopic (exact) mass is 286 g/mol. The first-order chi connectivity index (χ1) is 8.96. The molecule has 10 heteroatoms. The van der Waals surface area contributed by atoms with E-state index in [0.717, 1.165) is 0 Å². The Balaban J connectivity index is 1.95. The van der Waals surface area contributed by atoms with Crippen molar-refractivity contribution in [2.75, 3.05) is 13.1 Å². The van der Waals surface area contributed by atoms with E-state index in [1.54, 1.807) is 6.08 Å². The highest BCUT2D eigenvalue weighted by Crippen LogP contribution is 2.32. The number of carbonyl (C=O) groups is 1. The third-order valence-electron chi connectivity index (χ3n) is 2.91. The van der Waals surface area contributed by atoms with Gasteiger partial charge in [-0.25, -0.2) is 18.2 Å². The molecule has 9 nitrogen and oxygen atoms in total. The molecule has 1 aromatic heterocycles. The smallest absolute Gasteiger partial charge is 0.346 e. The minimum atomic E-state index is -5.02. The molecule has 102 valence electrons. The number of hydrogen-bond donors (Lipinski definition) is 0. The third kappa shape index (κ3) is 2.09. The van der Waals surface area contributed by atoms with E-state index in [0.29, 0.717) is 16.4 Å². The van der Waals surface area contributed by atoms with Gasteiger partial charge in [-0.3, -0.25) is 0 Å². The Morgan fingerprint density at radius 2 is 2.32 bits per heavy atom. The van der Waals surface area contributed by atoms with E-state index in [-0.39, 0.29) is 13.1 Å². The van der Waals surface area contributed by atoms with Crippen LogP contribution >= 0.6 is 0 Å². The molecule has 2 aliphatic heterocycles. The number of nitrogens with zero attached hydrogens (tertiary/aromatic N) is 3. The van der Waals surface area contributed by atoms with Crippen molar-refractivity contribution < 1.29 is 26.5 Å². The van der Waals surface area contributed by atoms with Gasteiger partial charge in [-0.1, -0.05) is 6.08 Å². The lowest BCUT2D eigenvalue weighted by atomic mass is 10.0. The van der Waals surface area contributed by atoms with Gasteiger partial charge in [0.05, 0.1) is 12.7 Å². The minimum Gasteiger partial charge on any atom is -0.724 e. The maximum absolute atomic E-state index is 11.8. The molecule has 0 aliphatic carbocycles. The lowest BCUT2D eigenvalue weighted by Gasteiger charge is -2.23. The topological polar surface area (TPSA) is 116 Å². The first kappa shape index (κ1) is 12.1. The number of hydroxylamine groups is 2. The van der Waals surface area contributed by atoms with E-state index >= 15 is 0 Å². The molecule has 0 saturated carbocycles. The van der Waals surface area contributed by atoms with Gasteiger partial charge in [0.15, 0.2) is 12.2 Å². The van der Waals surface area contributed by atoms with Crippen molar-refractivity contribution in [3.05, 3.63) is 24.4 Å². The van der Waals surface area contributed by atoms with Crippen LogP contribution in [0.3, 0.4) is 0 Å². The van der Waals surface area contributed by atoms with Gasteiger partial charge in [-0.05, 0) is 0 Å². The van der Waals surface area contributed by atoms with Crippen LogP contribution in [0, 0.1) is 0 Å². The second kappa shape index (κ2) is 4.05. The van der Waals surface area contributed by atoms with Crippen molar-refractivity contribution in [3.63, 3.8) is 0 Å². The largest absolute Gasteiger partial charge is 0.724 e. The molecule has 1 saturated heterocycles. The number of urea groups is 1. The van der Waals surface area contributed by atoms with Crippen molar-refractivity contribution in [2.45, 2.75) is 6.04 Å². The molecular formula is C9H8N3O6S-. The molecule has 0 aromatic carbocycles. The molecule has 3 rings (SSSR count). The summed E-state index contributed by atoms with van der Waals surface area (Å²) in [7, 11) is -5.02. The van der Waals surface area contributed by atoms with Crippen molar-refractivity contribution in [3.8, 4) is 0 Å². The van der Waals surface area contributed by atoms with Gasteiger partial charge in [-0.15, -0.1) is 0 Å². The van der Waals surface area contributed by atoms with Crippen molar-refractivity contribution in [1.82, 2.24) is 14.9 Å². The van der Waals surface area contributed by atoms with E-state index in [4.69, 9.17) is 4.42 Å². The molecular weight excluding hydrogens is 278 g/mol. The Kier molecular flexibility index (Phi) is 2.59. The fourth-order valence-electron chi connectivity index (χ4n) is 2.16. The maximum Gasteiger partial charge on any atom is 0.346 e. The highest BCUT2D eigenvalue weighted by molar-refractivity contribution is 7.80. The maximum atomic E-state index is 11.8. The average Bonchev–Trinajstić information content (AvgIpc) is 2.93. The third-order valence-corrected chi connectivity index (χ3v) is 3.26. The number of aromatic nitrogens is 1. The lowest BCUT2D eigenvalue weighted by molar-refractivity contribution is -0.0174. The van der Waals surface area contributed by atoms with Crippen LogP contribution in [0.25, 0.3) is 5.57 Å². The highest BCUT2D eigenvalue weighted by Gasteiger charge is 2.45. The Labute approximate surface area is 108 Å². The van der Waals surface area contributed by atoms with Gasteiger partial charge < -0.3 is 13.9 Å². The molecule has 1 unspecified atom stereocenters. The lowest BCUT2D eigenvalue weighted by Crippen LogP contribution is -2.36. The molecule has 2 amide bonds. The molecule has 2 aliphatic rings.